The highest BCUT2D eigenvalue weighted by molar-refractivity contribution is 6.48. The lowest BCUT2D eigenvalue weighted by molar-refractivity contribution is -0.140. The fourth-order valence-corrected chi connectivity index (χ4v) is 4.20. The first-order valence-electron chi connectivity index (χ1n) is 11.0. The zero-order valence-corrected chi connectivity index (χ0v) is 22.0. The summed E-state index contributed by atoms with van der Waals surface area (Å²) in [6.07, 6.45) is -7.31. The molecule has 0 saturated carbocycles. The standard InChI is InChI=1S/C25H17Cl3F7N3O/c1-2-38(23-36-6-3-7-37-23)12-21(39)15-5-4-13(8-17(15)25(33,34)35)20(29)11-16(24(30,31)32)14-9-18(26)22(28)19(27)10-14/h3-11,16H,2,12H2,1H3/b20-11-. The van der Waals surface area contributed by atoms with E-state index in [2.05, 4.69) is 9.97 Å². The van der Waals surface area contributed by atoms with Crippen LogP contribution in [-0.2, 0) is 6.18 Å². The van der Waals surface area contributed by atoms with Crippen LogP contribution in [0, 0.1) is 0 Å². The number of ketones is 1. The summed E-state index contributed by atoms with van der Waals surface area (Å²) in [5.74, 6) is -5.11. The number of carbonyl (C=O) groups excluding carboxylic acids is 1. The van der Waals surface area contributed by atoms with Gasteiger partial charge in [0, 0.05) is 30.1 Å². The first kappa shape index (κ1) is 30.6. The molecule has 3 rings (SSSR count). The smallest absolute Gasteiger partial charge is 0.333 e. The molecule has 0 N–H and O–H groups in total. The minimum Gasteiger partial charge on any atom is -0.333 e. The monoisotopic (exact) mass is 613 g/mol. The van der Waals surface area contributed by atoms with Crippen molar-refractivity contribution < 1.29 is 35.5 Å². The molecular weight excluding hydrogens is 598 g/mol. The molecule has 14 heteroatoms. The van der Waals surface area contributed by atoms with Gasteiger partial charge in [-0.2, -0.15) is 26.3 Å². The number of likely N-dealkylation sites (N-methyl/N-ethyl adjacent to an activating group) is 1. The summed E-state index contributed by atoms with van der Waals surface area (Å²) in [7, 11) is 0. The molecule has 1 heterocycles. The molecule has 1 unspecified atom stereocenters. The SMILES string of the molecule is CCN(CC(=O)c1ccc(/C(F)=C/C(c2cc(Cl)c(Cl)c(Cl)c2)C(F)(F)F)cc1C(F)(F)F)c1ncccn1. The Kier molecular flexibility index (Phi) is 9.51. The second-order valence-electron chi connectivity index (χ2n) is 8.08. The minimum absolute atomic E-state index is 0.0957. The van der Waals surface area contributed by atoms with Gasteiger partial charge in [0.2, 0.25) is 5.95 Å². The van der Waals surface area contributed by atoms with Gasteiger partial charge in [-0.15, -0.1) is 0 Å². The van der Waals surface area contributed by atoms with Gasteiger partial charge in [-0.3, -0.25) is 4.79 Å². The first-order valence-corrected chi connectivity index (χ1v) is 12.1. The number of Topliss-reactive ketones (excluding diaryl/α,β-unsaturated/α-hetero) is 1. The van der Waals surface area contributed by atoms with E-state index in [1.807, 2.05) is 0 Å². The molecule has 2 aromatic carbocycles. The van der Waals surface area contributed by atoms with Crippen LogP contribution >= 0.6 is 34.8 Å². The topological polar surface area (TPSA) is 46.1 Å². The molecule has 1 aromatic heterocycles. The molecule has 1 atom stereocenters. The Labute approximate surface area is 233 Å². The highest BCUT2D eigenvalue weighted by atomic mass is 35.5. The van der Waals surface area contributed by atoms with Crippen LogP contribution in [0.15, 0.2) is 54.9 Å². The predicted molar refractivity (Wildman–Crippen MR) is 135 cm³/mol. The van der Waals surface area contributed by atoms with Crippen LogP contribution in [0.3, 0.4) is 0 Å². The Balaban J connectivity index is 2.02. The van der Waals surface area contributed by atoms with E-state index in [1.165, 1.54) is 23.4 Å². The second-order valence-corrected chi connectivity index (χ2v) is 9.27. The number of allylic oxidation sites excluding steroid dienone is 1. The summed E-state index contributed by atoms with van der Waals surface area (Å²) in [6, 6.07) is 4.96. The summed E-state index contributed by atoms with van der Waals surface area (Å²) in [4.78, 5) is 22.1. The minimum atomic E-state index is -5.12. The van der Waals surface area contributed by atoms with Crippen LogP contribution in [0.25, 0.3) is 5.83 Å². The van der Waals surface area contributed by atoms with E-state index in [-0.39, 0.29) is 39.7 Å². The van der Waals surface area contributed by atoms with Crippen molar-refractivity contribution in [3.05, 3.63) is 92.2 Å². The van der Waals surface area contributed by atoms with Crippen molar-refractivity contribution in [1.29, 1.82) is 0 Å². The second kappa shape index (κ2) is 12.1. The summed E-state index contributed by atoms with van der Waals surface area (Å²) < 4.78 is 98.1. The average Bonchev–Trinajstić information content (AvgIpc) is 2.87. The zero-order valence-electron chi connectivity index (χ0n) is 19.7. The van der Waals surface area contributed by atoms with Gasteiger partial charge in [0.15, 0.2) is 5.78 Å². The molecule has 0 fully saturated rings. The van der Waals surface area contributed by atoms with Crippen molar-refractivity contribution in [3.63, 3.8) is 0 Å². The molecule has 0 aliphatic carbocycles. The number of rotatable bonds is 8. The van der Waals surface area contributed by atoms with Crippen LogP contribution < -0.4 is 4.90 Å². The van der Waals surface area contributed by atoms with Crippen molar-refractivity contribution in [3.8, 4) is 0 Å². The molecule has 0 amide bonds. The molecule has 0 saturated heterocycles. The Bertz CT molecular complexity index is 1360. The Morgan fingerprint density at radius 3 is 2.10 bits per heavy atom. The molecular formula is C25H17Cl3F7N3O. The van der Waals surface area contributed by atoms with E-state index in [1.54, 1.807) is 6.92 Å². The van der Waals surface area contributed by atoms with Crippen molar-refractivity contribution in [2.75, 3.05) is 18.0 Å². The van der Waals surface area contributed by atoms with Crippen LogP contribution in [-0.4, -0.2) is 35.0 Å². The van der Waals surface area contributed by atoms with Gasteiger partial charge in [-0.05, 0) is 42.8 Å². The number of aromatic nitrogens is 2. The van der Waals surface area contributed by atoms with Crippen molar-refractivity contribution in [1.82, 2.24) is 9.97 Å². The Morgan fingerprint density at radius 1 is 1.00 bits per heavy atom. The lowest BCUT2D eigenvalue weighted by Gasteiger charge is -2.21. The van der Waals surface area contributed by atoms with Gasteiger partial charge < -0.3 is 4.90 Å². The van der Waals surface area contributed by atoms with Crippen LogP contribution in [0.4, 0.5) is 36.7 Å². The van der Waals surface area contributed by atoms with Gasteiger partial charge in [0.1, 0.15) is 11.7 Å². The molecule has 4 nitrogen and oxygen atoms in total. The lowest BCUT2D eigenvalue weighted by atomic mass is 9.95. The molecule has 3 aromatic rings. The highest BCUT2D eigenvalue weighted by Crippen LogP contribution is 2.43. The van der Waals surface area contributed by atoms with Crippen LogP contribution in [0.2, 0.25) is 15.1 Å². The largest absolute Gasteiger partial charge is 0.417 e. The average molecular weight is 615 g/mol. The third kappa shape index (κ3) is 7.40. The Morgan fingerprint density at radius 2 is 1.59 bits per heavy atom. The zero-order chi connectivity index (χ0) is 29.1. The molecule has 0 radical (unpaired) electrons. The first-order chi connectivity index (χ1) is 18.1. The van der Waals surface area contributed by atoms with Crippen molar-refractivity contribution in [2.24, 2.45) is 0 Å². The van der Waals surface area contributed by atoms with E-state index in [9.17, 15) is 31.1 Å². The maximum atomic E-state index is 15.1. The quantitative estimate of drug-likeness (QED) is 0.145. The fourth-order valence-electron chi connectivity index (χ4n) is 3.58. The molecule has 0 aliphatic heterocycles. The van der Waals surface area contributed by atoms with Crippen LogP contribution in [0.5, 0.6) is 0 Å². The van der Waals surface area contributed by atoms with Crippen molar-refractivity contribution in [2.45, 2.75) is 25.2 Å². The fraction of sp³-hybridized carbons (Fsp3) is 0.240. The molecule has 208 valence electrons. The number of halogens is 10. The van der Waals surface area contributed by atoms with E-state index in [4.69, 9.17) is 34.8 Å². The number of hydrogen-bond acceptors (Lipinski definition) is 4. The maximum Gasteiger partial charge on any atom is 0.417 e. The third-order valence-corrected chi connectivity index (χ3v) is 6.68. The lowest BCUT2D eigenvalue weighted by Crippen LogP contribution is -2.32. The highest BCUT2D eigenvalue weighted by Gasteiger charge is 2.41. The molecule has 0 spiro atoms. The van der Waals surface area contributed by atoms with E-state index < -0.39 is 58.7 Å². The number of carbonyl (C=O) groups is 1. The third-order valence-electron chi connectivity index (χ3n) is 5.48. The Hall–Kier alpha value is -2.89. The predicted octanol–water partition coefficient (Wildman–Crippen LogP) is 8.82. The van der Waals surface area contributed by atoms with Crippen molar-refractivity contribution >= 4 is 52.4 Å². The summed E-state index contributed by atoms with van der Waals surface area (Å²) >= 11 is 17.4. The summed E-state index contributed by atoms with van der Waals surface area (Å²) in [6.45, 7) is 1.29. The van der Waals surface area contributed by atoms with E-state index in [0.29, 0.717) is 6.07 Å². The van der Waals surface area contributed by atoms with Gasteiger partial charge >= 0.3 is 12.4 Å². The van der Waals surface area contributed by atoms with Gasteiger partial charge in [0.05, 0.1) is 27.2 Å². The molecule has 39 heavy (non-hydrogen) atoms. The number of alkyl halides is 6. The summed E-state index contributed by atoms with van der Waals surface area (Å²) in [5, 5.41) is -0.874. The number of benzene rings is 2. The number of nitrogens with zero attached hydrogens (tertiary/aromatic N) is 3. The normalized spacial score (nSPS) is 13.4. The van der Waals surface area contributed by atoms with E-state index >= 15 is 4.39 Å². The maximum absolute atomic E-state index is 15.1. The molecule has 0 aliphatic rings. The van der Waals surface area contributed by atoms with Gasteiger partial charge in [-0.1, -0.05) is 46.9 Å². The van der Waals surface area contributed by atoms with Gasteiger partial charge in [0.25, 0.3) is 0 Å². The van der Waals surface area contributed by atoms with Gasteiger partial charge in [-0.25, -0.2) is 14.4 Å². The number of anilines is 1. The molecule has 0 bridgehead atoms. The number of hydrogen-bond donors (Lipinski definition) is 0. The van der Waals surface area contributed by atoms with E-state index in [0.717, 1.165) is 18.2 Å². The van der Waals surface area contributed by atoms with Crippen LogP contribution in [0.1, 0.15) is 39.9 Å². The summed E-state index contributed by atoms with van der Waals surface area (Å²) in [5.41, 5.74) is -3.71.